The maximum atomic E-state index is 13.4. The standard InChI is InChI=1S/C14H12ClFN2O/c1-8-3-4-10(7-11(8)16)14(19)18-12-5-6-13(15)17-9(12)2/h3-7H,1-2H3,(H,18,19). The van der Waals surface area contributed by atoms with E-state index < -0.39 is 5.82 Å². The molecule has 0 saturated heterocycles. The molecule has 1 heterocycles. The SMILES string of the molecule is Cc1ccc(C(=O)Nc2ccc(Cl)nc2C)cc1F. The van der Waals surface area contributed by atoms with Gasteiger partial charge in [-0.25, -0.2) is 9.37 Å². The highest BCUT2D eigenvalue weighted by Crippen LogP contribution is 2.17. The number of nitrogens with zero attached hydrogens (tertiary/aromatic N) is 1. The van der Waals surface area contributed by atoms with Crippen molar-refractivity contribution in [2.45, 2.75) is 13.8 Å². The first kappa shape index (κ1) is 13.5. The maximum Gasteiger partial charge on any atom is 0.255 e. The van der Waals surface area contributed by atoms with E-state index in [0.717, 1.165) is 0 Å². The van der Waals surface area contributed by atoms with E-state index in [1.165, 1.54) is 6.07 Å². The van der Waals surface area contributed by atoms with Crippen molar-refractivity contribution in [3.63, 3.8) is 0 Å². The smallest absolute Gasteiger partial charge is 0.255 e. The van der Waals surface area contributed by atoms with Crippen LogP contribution in [0.15, 0.2) is 30.3 Å². The van der Waals surface area contributed by atoms with E-state index in [2.05, 4.69) is 10.3 Å². The molecule has 1 aromatic carbocycles. The summed E-state index contributed by atoms with van der Waals surface area (Å²) in [5.41, 5.74) is 1.92. The first-order valence-corrected chi connectivity index (χ1v) is 6.06. The van der Waals surface area contributed by atoms with Gasteiger partial charge in [-0.2, -0.15) is 0 Å². The number of aryl methyl sites for hydroxylation is 2. The van der Waals surface area contributed by atoms with Crippen molar-refractivity contribution in [2.75, 3.05) is 5.32 Å². The van der Waals surface area contributed by atoms with Gasteiger partial charge >= 0.3 is 0 Å². The average molecular weight is 279 g/mol. The Morgan fingerprint density at radius 2 is 2.00 bits per heavy atom. The van der Waals surface area contributed by atoms with E-state index in [1.807, 2.05) is 0 Å². The molecular formula is C14H12ClFN2O. The molecule has 0 aliphatic rings. The van der Waals surface area contributed by atoms with Crippen LogP contribution in [0.2, 0.25) is 5.15 Å². The zero-order chi connectivity index (χ0) is 14.0. The lowest BCUT2D eigenvalue weighted by atomic mass is 10.1. The molecule has 0 fully saturated rings. The second kappa shape index (κ2) is 5.36. The Labute approximate surface area is 115 Å². The molecule has 1 amide bonds. The Bertz CT molecular complexity index is 643. The van der Waals surface area contributed by atoms with Gasteiger partial charge in [0.1, 0.15) is 11.0 Å². The first-order chi connectivity index (χ1) is 8.97. The summed E-state index contributed by atoms with van der Waals surface area (Å²) < 4.78 is 13.4. The van der Waals surface area contributed by atoms with Gasteiger partial charge in [0.2, 0.25) is 0 Å². The van der Waals surface area contributed by atoms with Crippen molar-refractivity contribution >= 4 is 23.2 Å². The quantitative estimate of drug-likeness (QED) is 0.850. The van der Waals surface area contributed by atoms with E-state index in [9.17, 15) is 9.18 Å². The second-order valence-corrected chi connectivity index (χ2v) is 4.57. The Morgan fingerprint density at radius 3 is 2.63 bits per heavy atom. The number of rotatable bonds is 2. The van der Waals surface area contributed by atoms with Crippen molar-refractivity contribution < 1.29 is 9.18 Å². The van der Waals surface area contributed by atoms with Crippen molar-refractivity contribution in [1.29, 1.82) is 0 Å². The van der Waals surface area contributed by atoms with Crippen molar-refractivity contribution in [3.8, 4) is 0 Å². The number of nitrogens with one attached hydrogen (secondary N) is 1. The van der Waals surface area contributed by atoms with Gasteiger partial charge in [0.05, 0.1) is 11.4 Å². The topological polar surface area (TPSA) is 42.0 Å². The van der Waals surface area contributed by atoms with Gasteiger partial charge in [-0.1, -0.05) is 17.7 Å². The van der Waals surface area contributed by atoms with E-state index in [1.54, 1.807) is 38.1 Å². The largest absolute Gasteiger partial charge is 0.320 e. The number of halogens is 2. The molecule has 2 rings (SSSR count). The Hall–Kier alpha value is -1.94. The normalized spacial score (nSPS) is 10.3. The highest BCUT2D eigenvalue weighted by Gasteiger charge is 2.10. The van der Waals surface area contributed by atoms with Crippen LogP contribution in [-0.4, -0.2) is 10.9 Å². The fraction of sp³-hybridized carbons (Fsp3) is 0.143. The number of benzene rings is 1. The number of aromatic nitrogens is 1. The molecule has 0 aliphatic heterocycles. The van der Waals surface area contributed by atoms with Gasteiger partial charge in [-0.05, 0) is 43.7 Å². The summed E-state index contributed by atoms with van der Waals surface area (Å²) in [4.78, 5) is 16.0. The predicted octanol–water partition coefficient (Wildman–Crippen LogP) is 3.74. The fourth-order valence-electron chi connectivity index (χ4n) is 1.59. The lowest BCUT2D eigenvalue weighted by molar-refractivity contribution is 0.102. The average Bonchev–Trinajstić information content (AvgIpc) is 2.36. The number of pyridine rings is 1. The third kappa shape index (κ3) is 3.09. The molecule has 0 unspecified atom stereocenters. The number of hydrogen-bond donors (Lipinski definition) is 1. The van der Waals surface area contributed by atoms with Crippen LogP contribution in [0.5, 0.6) is 0 Å². The highest BCUT2D eigenvalue weighted by molar-refractivity contribution is 6.29. The molecule has 0 saturated carbocycles. The molecule has 19 heavy (non-hydrogen) atoms. The minimum atomic E-state index is -0.404. The monoisotopic (exact) mass is 278 g/mol. The lowest BCUT2D eigenvalue weighted by Crippen LogP contribution is -2.13. The van der Waals surface area contributed by atoms with Crippen LogP contribution >= 0.6 is 11.6 Å². The van der Waals surface area contributed by atoms with Gasteiger partial charge < -0.3 is 5.32 Å². The molecule has 0 aliphatic carbocycles. The molecule has 0 radical (unpaired) electrons. The molecule has 1 N–H and O–H groups in total. The molecule has 0 spiro atoms. The van der Waals surface area contributed by atoms with Crippen LogP contribution in [0, 0.1) is 19.7 Å². The van der Waals surface area contributed by atoms with Crippen LogP contribution in [0.1, 0.15) is 21.6 Å². The summed E-state index contributed by atoms with van der Waals surface area (Å²) >= 11 is 5.74. The zero-order valence-electron chi connectivity index (χ0n) is 10.5. The Morgan fingerprint density at radius 1 is 1.26 bits per heavy atom. The number of carbonyl (C=O) groups excluding carboxylic acids is 1. The van der Waals surface area contributed by atoms with Crippen molar-refractivity contribution in [2.24, 2.45) is 0 Å². The molecule has 0 atom stereocenters. The zero-order valence-corrected chi connectivity index (χ0v) is 11.3. The van der Waals surface area contributed by atoms with Crippen LogP contribution in [0.3, 0.4) is 0 Å². The minimum Gasteiger partial charge on any atom is -0.320 e. The van der Waals surface area contributed by atoms with Gasteiger partial charge in [0, 0.05) is 5.56 Å². The van der Waals surface area contributed by atoms with Crippen molar-refractivity contribution in [3.05, 3.63) is 58.1 Å². The second-order valence-electron chi connectivity index (χ2n) is 4.19. The van der Waals surface area contributed by atoms with Gasteiger partial charge in [-0.15, -0.1) is 0 Å². The summed E-state index contributed by atoms with van der Waals surface area (Å²) in [6, 6.07) is 7.60. The first-order valence-electron chi connectivity index (χ1n) is 5.68. The lowest BCUT2D eigenvalue weighted by Gasteiger charge is -2.08. The van der Waals surface area contributed by atoms with Crippen molar-refractivity contribution in [1.82, 2.24) is 4.98 Å². The summed E-state index contributed by atoms with van der Waals surface area (Å²) in [5, 5.41) is 3.03. The molecule has 3 nitrogen and oxygen atoms in total. The third-order valence-corrected chi connectivity index (χ3v) is 2.94. The van der Waals surface area contributed by atoms with E-state index in [0.29, 0.717) is 22.1 Å². The number of carbonyl (C=O) groups is 1. The van der Waals surface area contributed by atoms with Crippen LogP contribution in [-0.2, 0) is 0 Å². The van der Waals surface area contributed by atoms with Gasteiger partial charge in [-0.3, -0.25) is 4.79 Å². The third-order valence-electron chi connectivity index (χ3n) is 2.73. The van der Waals surface area contributed by atoms with E-state index >= 15 is 0 Å². The van der Waals surface area contributed by atoms with E-state index in [-0.39, 0.29) is 11.5 Å². The number of amides is 1. The molecule has 1 aromatic heterocycles. The minimum absolute atomic E-state index is 0.262. The highest BCUT2D eigenvalue weighted by atomic mass is 35.5. The van der Waals surface area contributed by atoms with Crippen LogP contribution in [0.25, 0.3) is 0 Å². The maximum absolute atomic E-state index is 13.4. The molecule has 5 heteroatoms. The summed E-state index contributed by atoms with van der Waals surface area (Å²) in [5.74, 6) is -0.787. The number of hydrogen-bond acceptors (Lipinski definition) is 2. The van der Waals surface area contributed by atoms with Gasteiger partial charge in [0.15, 0.2) is 0 Å². The summed E-state index contributed by atoms with van der Waals surface area (Å²) in [6.07, 6.45) is 0. The Balaban J connectivity index is 2.23. The summed E-state index contributed by atoms with van der Waals surface area (Å²) in [6.45, 7) is 3.38. The Kier molecular flexibility index (Phi) is 3.81. The molecule has 2 aromatic rings. The molecule has 98 valence electrons. The van der Waals surface area contributed by atoms with E-state index in [4.69, 9.17) is 11.6 Å². The van der Waals surface area contributed by atoms with Crippen LogP contribution in [0.4, 0.5) is 10.1 Å². The van der Waals surface area contributed by atoms with Gasteiger partial charge in [0.25, 0.3) is 5.91 Å². The fourth-order valence-corrected chi connectivity index (χ4v) is 1.78. The van der Waals surface area contributed by atoms with Crippen LogP contribution < -0.4 is 5.32 Å². The summed E-state index contributed by atoms with van der Waals surface area (Å²) in [7, 11) is 0. The number of anilines is 1. The predicted molar refractivity (Wildman–Crippen MR) is 73.1 cm³/mol. The molecule has 0 bridgehead atoms. The molecular weight excluding hydrogens is 267 g/mol.